The molecule has 2 rings (SSSR count). The first-order valence-electron chi connectivity index (χ1n) is 7.01. The van der Waals surface area contributed by atoms with Gasteiger partial charge in [-0.25, -0.2) is 4.98 Å². The van der Waals surface area contributed by atoms with Gasteiger partial charge in [0.05, 0.1) is 22.7 Å². The Bertz CT molecular complexity index is 735. The van der Waals surface area contributed by atoms with Crippen molar-refractivity contribution in [1.29, 1.82) is 0 Å². The number of hydrogen-bond acceptors (Lipinski definition) is 4. The summed E-state index contributed by atoms with van der Waals surface area (Å²) in [4.78, 5) is 20.2. The number of alkyl halides is 3. The van der Waals surface area contributed by atoms with Crippen LogP contribution in [0.5, 0.6) is 0 Å². The highest BCUT2D eigenvalue weighted by molar-refractivity contribution is 7.15. The minimum atomic E-state index is -4.39. The Morgan fingerprint density at radius 1 is 1.30 bits per heavy atom. The van der Waals surface area contributed by atoms with E-state index in [0.717, 1.165) is 18.7 Å². The number of thiazole rings is 1. The molecule has 0 saturated heterocycles. The first kappa shape index (κ1) is 17.6. The number of ketones is 1. The second-order valence-electron chi connectivity index (χ2n) is 5.95. The zero-order valence-corrected chi connectivity index (χ0v) is 14.1. The van der Waals surface area contributed by atoms with Gasteiger partial charge in [0.1, 0.15) is 16.2 Å². The first-order chi connectivity index (χ1) is 10.5. The van der Waals surface area contributed by atoms with Gasteiger partial charge in [0, 0.05) is 6.20 Å². The molecule has 2 aromatic rings. The SMILES string of the molecule is CC(=O)Cc1nc(C)c(-c2ccnc(C(C)(C)C(F)(F)F)c2)s1. The largest absolute Gasteiger partial charge is 0.399 e. The van der Waals surface area contributed by atoms with Crippen LogP contribution < -0.4 is 0 Å². The van der Waals surface area contributed by atoms with Gasteiger partial charge in [-0.1, -0.05) is 0 Å². The molecule has 7 heteroatoms. The van der Waals surface area contributed by atoms with E-state index in [0.29, 0.717) is 16.3 Å². The van der Waals surface area contributed by atoms with E-state index >= 15 is 0 Å². The molecule has 0 fully saturated rings. The second kappa shape index (κ2) is 6.03. The molecule has 0 aromatic carbocycles. The molecule has 0 unspecified atom stereocenters. The summed E-state index contributed by atoms with van der Waals surface area (Å²) in [6.07, 6.45) is -2.78. The van der Waals surface area contributed by atoms with Crippen LogP contribution in [-0.4, -0.2) is 21.9 Å². The summed E-state index contributed by atoms with van der Waals surface area (Å²) < 4.78 is 39.6. The number of carbonyl (C=O) groups excluding carboxylic acids is 1. The van der Waals surface area contributed by atoms with E-state index in [9.17, 15) is 18.0 Å². The summed E-state index contributed by atoms with van der Waals surface area (Å²) in [5, 5.41) is 0.665. The highest BCUT2D eigenvalue weighted by Crippen LogP contribution is 2.41. The van der Waals surface area contributed by atoms with Crippen molar-refractivity contribution in [3.63, 3.8) is 0 Å². The number of hydrogen-bond donors (Lipinski definition) is 0. The van der Waals surface area contributed by atoms with E-state index in [1.807, 2.05) is 0 Å². The number of halogens is 3. The summed E-state index contributed by atoms with van der Waals surface area (Å²) in [6.45, 7) is 5.48. The molecule has 0 aliphatic heterocycles. The Morgan fingerprint density at radius 2 is 1.96 bits per heavy atom. The van der Waals surface area contributed by atoms with Crippen molar-refractivity contribution in [3.8, 4) is 10.4 Å². The summed E-state index contributed by atoms with van der Waals surface area (Å²) >= 11 is 1.33. The van der Waals surface area contributed by atoms with Crippen molar-refractivity contribution in [2.45, 2.75) is 45.7 Å². The molecule has 0 saturated carbocycles. The third-order valence-corrected chi connectivity index (χ3v) is 4.82. The summed E-state index contributed by atoms with van der Waals surface area (Å²) in [5.41, 5.74) is -0.738. The maximum absolute atomic E-state index is 13.2. The lowest BCUT2D eigenvalue weighted by molar-refractivity contribution is -0.181. The zero-order chi connectivity index (χ0) is 17.4. The molecule has 3 nitrogen and oxygen atoms in total. The van der Waals surface area contributed by atoms with Gasteiger partial charge in [-0.15, -0.1) is 11.3 Å². The lowest BCUT2D eigenvalue weighted by Gasteiger charge is -2.27. The fourth-order valence-electron chi connectivity index (χ4n) is 2.07. The van der Waals surface area contributed by atoms with Crippen molar-refractivity contribution >= 4 is 17.1 Å². The Labute approximate surface area is 136 Å². The van der Waals surface area contributed by atoms with Crippen LogP contribution in [-0.2, 0) is 16.6 Å². The minimum absolute atomic E-state index is 0.000998. The Balaban J connectivity index is 2.45. The first-order valence-corrected chi connectivity index (χ1v) is 7.83. The third kappa shape index (κ3) is 3.60. The van der Waals surface area contributed by atoms with Gasteiger partial charge >= 0.3 is 6.18 Å². The average Bonchev–Trinajstić information content (AvgIpc) is 2.77. The number of rotatable bonds is 4. The number of nitrogens with zero attached hydrogens (tertiary/aromatic N) is 2. The van der Waals surface area contributed by atoms with Crippen LogP contribution in [0.1, 0.15) is 37.2 Å². The molecule has 124 valence electrons. The highest BCUT2D eigenvalue weighted by atomic mass is 32.1. The maximum atomic E-state index is 13.2. The predicted octanol–water partition coefficient (Wildman–Crippen LogP) is 4.48. The van der Waals surface area contributed by atoms with E-state index in [2.05, 4.69) is 9.97 Å². The summed E-state index contributed by atoms with van der Waals surface area (Å²) in [5.74, 6) is -0.000998. The van der Waals surface area contributed by atoms with Gasteiger partial charge in [0.15, 0.2) is 0 Å². The van der Waals surface area contributed by atoms with Crippen LogP contribution in [0.15, 0.2) is 18.3 Å². The Kier molecular flexibility index (Phi) is 4.61. The molecule has 23 heavy (non-hydrogen) atoms. The average molecular weight is 342 g/mol. The molecule has 0 spiro atoms. The van der Waals surface area contributed by atoms with E-state index < -0.39 is 11.6 Å². The fourth-order valence-corrected chi connectivity index (χ4v) is 3.20. The van der Waals surface area contributed by atoms with Crippen LogP contribution in [0, 0.1) is 6.92 Å². The van der Waals surface area contributed by atoms with Crippen molar-refractivity contribution in [1.82, 2.24) is 9.97 Å². The maximum Gasteiger partial charge on any atom is 0.399 e. The van der Waals surface area contributed by atoms with Gasteiger partial charge in [-0.2, -0.15) is 13.2 Å². The molecule has 0 amide bonds. The Hall–Kier alpha value is -1.76. The number of pyridine rings is 1. The fraction of sp³-hybridized carbons (Fsp3) is 0.438. The highest BCUT2D eigenvalue weighted by Gasteiger charge is 2.49. The van der Waals surface area contributed by atoms with E-state index in [1.165, 1.54) is 30.5 Å². The van der Waals surface area contributed by atoms with Crippen molar-refractivity contribution in [3.05, 3.63) is 34.7 Å². The molecule has 0 bridgehead atoms. The van der Waals surface area contributed by atoms with Gasteiger partial charge in [0.2, 0.25) is 0 Å². The molecular formula is C16H17F3N2OS. The van der Waals surface area contributed by atoms with Crippen molar-refractivity contribution in [2.75, 3.05) is 0 Å². The predicted molar refractivity (Wildman–Crippen MR) is 83.5 cm³/mol. The van der Waals surface area contributed by atoms with Gasteiger partial charge in [-0.05, 0) is 45.4 Å². The van der Waals surface area contributed by atoms with Gasteiger partial charge in [0.25, 0.3) is 0 Å². The minimum Gasteiger partial charge on any atom is -0.300 e. The van der Waals surface area contributed by atoms with Crippen LogP contribution in [0.3, 0.4) is 0 Å². The molecule has 0 aliphatic rings. The van der Waals surface area contributed by atoms with E-state index in [-0.39, 0.29) is 17.9 Å². The second-order valence-corrected chi connectivity index (χ2v) is 7.04. The molecule has 0 aliphatic carbocycles. The zero-order valence-electron chi connectivity index (χ0n) is 13.3. The smallest absolute Gasteiger partial charge is 0.300 e. The normalized spacial score (nSPS) is 12.5. The number of Topliss-reactive ketones (excluding diaryl/α,β-unsaturated/α-hetero) is 1. The topological polar surface area (TPSA) is 42.9 Å². The van der Waals surface area contributed by atoms with Crippen LogP contribution in [0.4, 0.5) is 13.2 Å². The Morgan fingerprint density at radius 3 is 2.52 bits per heavy atom. The molecule has 0 N–H and O–H groups in total. The van der Waals surface area contributed by atoms with Crippen molar-refractivity contribution < 1.29 is 18.0 Å². The molecule has 0 radical (unpaired) electrons. The van der Waals surface area contributed by atoms with Crippen LogP contribution >= 0.6 is 11.3 Å². The van der Waals surface area contributed by atoms with Crippen LogP contribution in [0.2, 0.25) is 0 Å². The van der Waals surface area contributed by atoms with E-state index in [1.54, 1.807) is 13.0 Å². The molecule has 2 heterocycles. The summed E-state index contributed by atoms with van der Waals surface area (Å²) in [7, 11) is 0. The molecule has 0 atom stereocenters. The van der Waals surface area contributed by atoms with Crippen molar-refractivity contribution in [2.24, 2.45) is 0 Å². The lowest BCUT2D eigenvalue weighted by atomic mass is 9.87. The van der Waals surface area contributed by atoms with E-state index in [4.69, 9.17) is 0 Å². The monoisotopic (exact) mass is 342 g/mol. The third-order valence-electron chi connectivity index (χ3n) is 3.61. The number of aromatic nitrogens is 2. The lowest BCUT2D eigenvalue weighted by Crippen LogP contribution is -2.37. The van der Waals surface area contributed by atoms with Gasteiger partial charge < -0.3 is 0 Å². The molecular weight excluding hydrogens is 325 g/mol. The standard InChI is InChI=1S/C16H17F3N2OS/c1-9(22)7-13-21-10(2)14(23-13)11-5-6-20-12(8-11)15(3,4)16(17,18)19/h5-6,8H,7H2,1-4H3. The quantitative estimate of drug-likeness (QED) is 0.822. The summed E-state index contributed by atoms with van der Waals surface area (Å²) in [6, 6.07) is 3.11. The number of aryl methyl sites for hydroxylation is 1. The number of carbonyl (C=O) groups is 1. The van der Waals surface area contributed by atoms with Crippen LogP contribution in [0.25, 0.3) is 10.4 Å². The molecule has 2 aromatic heterocycles. The van der Waals surface area contributed by atoms with Gasteiger partial charge in [-0.3, -0.25) is 9.78 Å².